The highest BCUT2D eigenvalue weighted by Gasteiger charge is 2.35. The number of aromatic nitrogens is 2. The van der Waals surface area contributed by atoms with Crippen LogP contribution in [-0.2, 0) is 4.79 Å². The van der Waals surface area contributed by atoms with Gasteiger partial charge in [0.15, 0.2) is 5.78 Å². The number of nitrogens with zero attached hydrogens (tertiary/aromatic N) is 2. The maximum absolute atomic E-state index is 12.7. The van der Waals surface area contributed by atoms with Gasteiger partial charge in [-0.05, 0) is 29.2 Å². The maximum Gasteiger partial charge on any atom is 0.163 e. The minimum atomic E-state index is -0.148. The summed E-state index contributed by atoms with van der Waals surface area (Å²) in [5, 5.41) is 10.3. The number of hydrogen-bond donors (Lipinski definition) is 1. The number of hydrogen-bond acceptors (Lipinski definition) is 3. The Balaban J connectivity index is 1.81. The van der Waals surface area contributed by atoms with E-state index < -0.39 is 0 Å². The van der Waals surface area contributed by atoms with Gasteiger partial charge in [-0.2, -0.15) is 5.10 Å². The monoisotopic (exact) mass is 315 g/mol. The van der Waals surface area contributed by atoms with Gasteiger partial charge in [0.2, 0.25) is 0 Å². The second kappa shape index (κ2) is 5.06. The van der Waals surface area contributed by atoms with Gasteiger partial charge in [0.1, 0.15) is 11.9 Å². The molecule has 1 aliphatic heterocycles. The Bertz CT molecular complexity index is 994. The summed E-state index contributed by atoms with van der Waals surface area (Å²) in [5.74, 6) is 1.20. The fourth-order valence-electron chi connectivity index (χ4n) is 3.98. The van der Waals surface area contributed by atoms with Crippen LogP contribution >= 0.6 is 0 Å². The van der Waals surface area contributed by atoms with Crippen LogP contribution < -0.4 is 5.32 Å². The van der Waals surface area contributed by atoms with Crippen molar-refractivity contribution < 1.29 is 4.79 Å². The summed E-state index contributed by atoms with van der Waals surface area (Å²) in [5.41, 5.74) is 3.09. The van der Waals surface area contributed by atoms with Crippen LogP contribution in [0.2, 0.25) is 0 Å². The quantitative estimate of drug-likeness (QED) is 0.736. The third-order valence-electron chi connectivity index (χ3n) is 5.04. The van der Waals surface area contributed by atoms with E-state index in [0.29, 0.717) is 6.42 Å². The Morgan fingerprint density at radius 3 is 2.88 bits per heavy atom. The van der Waals surface area contributed by atoms with Gasteiger partial charge in [-0.15, -0.1) is 0 Å². The molecule has 0 fully saturated rings. The molecular formula is C20H17N3O. The van der Waals surface area contributed by atoms with E-state index in [1.807, 2.05) is 16.8 Å². The molecule has 0 saturated heterocycles. The van der Waals surface area contributed by atoms with E-state index in [9.17, 15) is 4.79 Å². The number of ketones is 1. The highest BCUT2D eigenvalue weighted by atomic mass is 16.1. The van der Waals surface area contributed by atoms with Crippen LogP contribution in [-0.4, -0.2) is 15.6 Å². The van der Waals surface area contributed by atoms with Crippen molar-refractivity contribution in [1.82, 2.24) is 9.78 Å². The topological polar surface area (TPSA) is 46.9 Å². The highest BCUT2D eigenvalue weighted by Crippen LogP contribution is 2.42. The molecule has 24 heavy (non-hydrogen) atoms. The summed E-state index contributed by atoms with van der Waals surface area (Å²) in [6.45, 7) is 0. The number of benzene rings is 2. The molecule has 1 N–H and O–H groups in total. The largest absolute Gasteiger partial charge is 0.343 e. The second-order valence-electron chi connectivity index (χ2n) is 6.43. The lowest BCUT2D eigenvalue weighted by atomic mass is 9.84. The van der Waals surface area contributed by atoms with Crippen molar-refractivity contribution in [1.29, 1.82) is 0 Å². The normalized spacial score (nSPS) is 19.8. The van der Waals surface area contributed by atoms with Crippen LogP contribution in [0.25, 0.3) is 10.8 Å². The van der Waals surface area contributed by atoms with Crippen LogP contribution in [0.15, 0.2) is 66.0 Å². The summed E-state index contributed by atoms with van der Waals surface area (Å²) in [7, 11) is 0. The number of allylic oxidation sites excluding steroid dienone is 2. The first-order valence-corrected chi connectivity index (χ1v) is 8.37. The van der Waals surface area contributed by atoms with E-state index in [1.54, 1.807) is 6.20 Å². The molecule has 0 amide bonds. The maximum atomic E-state index is 12.7. The minimum Gasteiger partial charge on any atom is -0.343 e. The molecule has 1 aromatic heterocycles. The summed E-state index contributed by atoms with van der Waals surface area (Å²) >= 11 is 0. The average Bonchev–Trinajstić information content (AvgIpc) is 3.08. The number of carbonyl (C=O) groups is 1. The van der Waals surface area contributed by atoms with Gasteiger partial charge in [-0.25, -0.2) is 4.68 Å². The van der Waals surface area contributed by atoms with Crippen molar-refractivity contribution >= 4 is 22.4 Å². The molecule has 5 rings (SSSR count). The predicted molar refractivity (Wildman–Crippen MR) is 93.8 cm³/mol. The molecule has 1 unspecified atom stereocenters. The Morgan fingerprint density at radius 2 is 1.92 bits per heavy atom. The summed E-state index contributed by atoms with van der Waals surface area (Å²) < 4.78 is 1.95. The molecule has 4 heteroatoms. The molecule has 2 heterocycles. The van der Waals surface area contributed by atoms with Gasteiger partial charge in [0, 0.05) is 23.8 Å². The molecule has 1 aliphatic carbocycles. The predicted octanol–water partition coefficient (Wildman–Crippen LogP) is 4.06. The third kappa shape index (κ3) is 1.86. The van der Waals surface area contributed by atoms with Gasteiger partial charge < -0.3 is 5.32 Å². The van der Waals surface area contributed by atoms with Gasteiger partial charge in [-0.3, -0.25) is 4.79 Å². The summed E-state index contributed by atoms with van der Waals surface area (Å²) in [6.07, 6.45) is 4.26. The van der Waals surface area contributed by atoms with Crippen LogP contribution in [0, 0.1) is 0 Å². The lowest BCUT2D eigenvalue weighted by Crippen LogP contribution is -2.31. The van der Waals surface area contributed by atoms with Crippen LogP contribution in [0.5, 0.6) is 0 Å². The van der Waals surface area contributed by atoms with Gasteiger partial charge >= 0.3 is 0 Å². The Morgan fingerprint density at radius 1 is 1.04 bits per heavy atom. The first-order valence-electron chi connectivity index (χ1n) is 8.37. The van der Waals surface area contributed by atoms with Gasteiger partial charge in [0.25, 0.3) is 0 Å². The zero-order valence-electron chi connectivity index (χ0n) is 13.2. The SMILES string of the molecule is O=C1CCCC2=C1C(c1cccc3ccccc13)n1nccc1N2. The van der Waals surface area contributed by atoms with E-state index in [1.165, 1.54) is 10.8 Å². The standard InChI is InChI=1S/C20H17N3O/c24-17-10-4-9-16-19(17)20(23-18(22-16)11-12-21-23)15-8-3-6-13-5-1-2-7-14(13)15/h1-3,5-8,11-12,20,22H,4,9-10H2. The molecule has 0 radical (unpaired) electrons. The van der Waals surface area contributed by atoms with Crippen molar-refractivity contribution in [3.05, 3.63) is 71.6 Å². The summed E-state index contributed by atoms with van der Waals surface area (Å²) in [4.78, 5) is 12.7. The van der Waals surface area contributed by atoms with Gasteiger partial charge in [0.05, 0.1) is 6.20 Å². The molecule has 118 valence electrons. The zero-order valence-corrected chi connectivity index (χ0v) is 13.2. The summed E-state index contributed by atoms with van der Waals surface area (Å²) in [6, 6.07) is 16.5. The molecule has 0 bridgehead atoms. The van der Waals surface area contributed by atoms with E-state index in [0.717, 1.165) is 35.5 Å². The lowest BCUT2D eigenvalue weighted by molar-refractivity contribution is -0.116. The molecule has 1 atom stereocenters. The third-order valence-corrected chi connectivity index (χ3v) is 5.04. The minimum absolute atomic E-state index is 0.148. The van der Waals surface area contributed by atoms with Gasteiger partial charge in [-0.1, -0.05) is 42.5 Å². The number of carbonyl (C=O) groups excluding carboxylic acids is 1. The van der Waals surface area contributed by atoms with Crippen molar-refractivity contribution in [3.8, 4) is 0 Å². The number of nitrogens with one attached hydrogen (secondary N) is 1. The van der Waals surface area contributed by atoms with E-state index in [-0.39, 0.29) is 11.8 Å². The lowest BCUT2D eigenvalue weighted by Gasteiger charge is -2.33. The Kier molecular flexibility index (Phi) is 2.86. The molecule has 4 nitrogen and oxygen atoms in total. The number of anilines is 1. The van der Waals surface area contributed by atoms with Crippen molar-refractivity contribution in [2.24, 2.45) is 0 Å². The number of Topliss-reactive ketones (excluding diaryl/α,β-unsaturated/α-hetero) is 1. The molecule has 2 aliphatic rings. The second-order valence-corrected chi connectivity index (χ2v) is 6.43. The molecule has 0 saturated carbocycles. The van der Waals surface area contributed by atoms with Crippen molar-refractivity contribution in [2.75, 3.05) is 5.32 Å². The number of fused-ring (bicyclic) bond motifs is 2. The van der Waals surface area contributed by atoms with Crippen LogP contribution in [0.1, 0.15) is 30.9 Å². The highest BCUT2D eigenvalue weighted by molar-refractivity contribution is 6.00. The average molecular weight is 315 g/mol. The molecule has 2 aromatic carbocycles. The fraction of sp³-hybridized carbons (Fsp3) is 0.200. The fourth-order valence-corrected chi connectivity index (χ4v) is 3.98. The van der Waals surface area contributed by atoms with Crippen molar-refractivity contribution in [3.63, 3.8) is 0 Å². The van der Waals surface area contributed by atoms with E-state index in [2.05, 4.69) is 46.8 Å². The number of rotatable bonds is 1. The first-order chi connectivity index (χ1) is 11.8. The smallest absolute Gasteiger partial charge is 0.163 e. The van der Waals surface area contributed by atoms with Crippen LogP contribution in [0.3, 0.4) is 0 Å². The Labute approximate surface area is 139 Å². The molecule has 0 spiro atoms. The Hall–Kier alpha value is -2.88. The van der Waals surface area contributed by atoms with E-state index in [4.69, 9.17) is 0 Å². The first kappa shape index (κ1) is 13.5. The van der Waals surface area contributed by atoms with Crippen molar-refractivity contribution in [2.45, 2.75) is 25.3 Å². The zero-order chi connectivity index (χ0) is 16.1. The molecule has 3 aromatic rings. The van der Waals surface area contributed by atoms with E-state index >= 15 is 0 Å². The van der Waals surface area contributed by atoms with Crippen LogP contribution in [0.4, 0.5) is 5.82 Å². The molecular weight excluding hydrogens is 298 g/mol.